The second kappa shape index (κ2) is 9.56. The Hall–Kier alpha value is -2.33. The molecule has 0 aromatic heterocycles. The van der Waals surface area contributed by atoms with E-state index in [2.05, 4.69) is 34.5 Å². The van der Waals surface area contributed by atoms with Crippen molar-refractivity contribution in [3.8, 4) is 5.75 Å². The van der Waals surface area contributed by atoms with E-state index in [1.807, 2.05) is 31.2 Å². The van der Waals surface area contributed by atoms with Gasteiger partial charge in [0.15, 0.2) is 6.10 Å². The lowest BCUT2D eigenvalue weighted by molar-refractivity contribution is -0.127. The lowest BCUT2D eigenvalue weighted by Crippen LogP contribution is -2.35. The van der Waals surface area contributed by atoms with Crippen LogP contribution in [0.15, 0.2) is 48.5 Å². The Morgan fingerprint density at radius 1 is 1.07 bits per heavy atom. The van der Waals surface area contributed by atoms with E-state index in [0.717, 1.165) is 23.4 Å². The predicted octanol–water partition coefficient (Wildman–Crippen LogP) is 4.06. The van der Waals surface area contributed by atoms with Crippen LogP contribution in [-0.4, -0.2) is 30.0 Å². The molecule has 1 saturated heterocycles. The van der Waals surface area contributed by atoms with Crippen molar-refractivity contribution in [1.82, 2.24) is 10.2 Å². The highest BCUT2D eigenvalue weighted by Crippen LogP contribution is 2.15. The summed E-state index contributed by atoms with van der Waals surface area (Å²) in [5.41, 5.74) is 3.56. The quantitative estimate of drug-likeness (QED) is 0.803. The predicted molar refractivity (Wildman–Crippen MR) is 109 cm³/mol. The van der Waals surface area contributed by atoms with Gasteiger partial charge in [0.05, 0.1) is 0 Å². The van der Waals surface area contributed by atoms with E-state index < -0.39 is 6.10 Å². The average molecular weight is 367 g/mol. The Morgan fingerprint density at radius 2 is 1.78 bits per heavy atom. The van der Waals surface area contributed by atoms with E-state index in [-0.39, 0.29) is 5.91 Å². The highest BCUT2D eigenvalue weighted by molar-refractivity contribution is 5.80. The second-order valence-electron chi connectivity index (χ2n) is 7.45. The van der Waals surface area contributed by atoms with Crippen molar-refractivity contribution in [2.24, 2.45) is 0 Å². The average Bonchev–Trinajstić information content (AvgIpc) is 2.68. The molecule has 1 aliphatic rings. The molecule has 2 aromatic carbocycles. The molecule has 0 saturated carbocycles. The molecule has 0 aliphatic carbocycles. The number of ether oxygens (including phenoxy) is 1. The molecule has 4 nitrogen and oxygen atoms in total. The molecule has 0 spiro atoms. The maximum absolute atomic E-state index is 12.3. The van der Waals surface area contributed by atoms with Crippen LogP contribution in [0.5, 0.6) is 5.75 Å². The monoisotopic (exact) mass is 366 g/mol. The van der Waals surface area contributed by atoms with Crippen LogP contribution in [0.1, 0.15) is 42.9 Å². The number of piperidine rings is 1. The molecule has 144 valence electrons. The molecule has 1 amide bonds. The SMILES string of the molecule is Cc1cccc(O[C@@H](C)C(=O)NCc2ccc(CN3CCCCC3)cc2)c1. The highest BCUT2D eigenvalue weighted by atomic mass is 16.5. The van der Waals surface area contributed by atoms with Crippen LogP contribution < -0.4 is 10.1 Å². The van der Waals surface area contributed by atoms with Gasteiger partial charge in [-0.3, -0.25) is 9.69 Å². The first-order valence-electron chi connectivity index (χ1n) is 9.91. The summed E-state index contributed by atoms with van der Waals surface area (Å²) in [6, 6.07) is 16.3. The van der Waals surface area contributed by atoms with E-state index in [0.29, 0.717) is 6.54 Å². The van der Waals surface area contributed by atoms with Gasteiger partial charge in [-0.1, -0.05) is 42.8 Å². The number of amides is 1. The molecule has 4 heteroatoms. The molecule has 1 atom stereocenters. The minimum Gasteiger partial charge on any atom is -0.481 e. The maximum Gasteiger partial charge on any atom is 0.261 e. The maximum atomic E-state index is 12.3. The fourth-order valence-electron chi connectivity index (χ4n) is 3.42. The first-order valence-corrected chi connectivity index (χ1v) is 9.91. The third kappa shape index (κ3) is 6.10. The zero-order chi connectivity index (χ0) is 19.1. The molecule has 3 rings (SSSR count). The third-order valence-electron chi connectivity index (χ3n) is 5.02. The number of nitrogens with one attached hydrogen (secondary N) is 1. The van der Waals surface area contributed by atoms with Gasteiger partial charge in [-0.05, 0) is 68.6 Å². The van der Waals surface area contributed by atoms with Gasteiger partial charge in [-0.15, -0.1) is 0 Å². The molecule has 27 heavy (non-hydrogen) atoms. The van der Waals surface area contributed by atoms with Gasteiger partial charge in [0.25, 0.3) is 5.91 Å². The molecule has 2 aromatic rings. The number of aryl methyl sites for hydroxylation is 1. The largest absolute Gasteiger partial charge is 0.481 e. The van der Waals surface area contributed by atoms with Crippen molar-refractivity contribution in [1.29, 1.82) is 0 Å². The molecule has 0 unspecified atom stereocenters. The summed E-state index contributed by atoms with van der Waals surface area (Å²) < 4.78 is 5.73. The van der Waals surface area contributed by atoms with E-state index in [4.69, 9.17) is 4.74 Å². The number of likely N-dealkylation sites (tertiary alicyclic amines) is 1. The number of benzene rings is 2. The summed E-state index contributed by atoms with van der Waals surface area (Å²) in [5, 5.41) is 2.96. The molecule has 1 heterocycles. The van der Waals surface area contributed by atoms with Crippen molar-refractivity contribution < 1.29 is 9.53 Å². The molecular weight excluding hydrogens is 336 g/mol. The first kappa shape index (κ1) is 19.4. The summed E-state index contributed by atoms with van der Waals surface area (Å²) in [5.74, 6) is 0.619. The minimum absolute atomic E-state index is 0.103. The number of rotatable bonds is 7. The van der Waals surface area contributed by atoms with Crippen LogP contribution in [0.2, 0.25) is 0 Å². The summed E-state index contributed by atoms with van der Waals surface area (Å²) in [6.45, 7) is 7.73. The normalized spacial score (nSPS) is 15.9. The van der Waals surface area contributed by atoms with Crippen molar-refractivity contribution in [3.63, 3.8) is 0 Å². The van der Waals surface area contributed by atoms with Gasteiger partial charge in [0.2, 0.25) is 0 Å². The molecule has 1 fully saturated rings. The minimum atomic E-state index is -0.523. The van der Waals surface area contributed by atoms with E-state index >= 15 is 0 Å². The van der Waals surface area contributed by atoms with Crippen molar-refractivity contribution in [2.45, 2.75) is 52.3 Å². The molecule has 0 bridgehead atoms. The van der Waals surface area contributed by atoms with E-state index in [1.54, 1.807) is 6.92 Å². The number of carbonyl (C=O) groups excluding carboxylic acids is 1. The number of hydrogen-bond acceptors (Lipinski definition) is 3. The van der Waals surface area contributed by atoms with Gasteiger partial charge < -0.3 is 10.1 Å². The van der Waals surface area contributed by atoms with Crippen molar-refractivity contribution in [3.05, 3.63) is 65.2 Å². The molecule has 1 aliphatic heterocycles. The van der Waals surface area contributed by atoms with Gasteiger partial charge >= 0.3 is 0 Å². The fraction of sp³-hybridized carbons (Fsp3) is 0.435. The third-order valence-corrected chi connectivity index (χ3v) is 5.02. The summed E-state index contributed by atoms with van der Waals surface area (Å²) in [7, 11) is 0. The topological polar surface area (TPSA) is 41.6 Å². The lowest BCUT2D eigenvalue weighted by Gasteiger charge is -2.26. The van der Waals surface area contributed by atoms with Crippen LogP contribution in [0, 0.1) is 6.92 Å². The smallest absolute Gasteiger partial charge is 0.261 e. The van der Waals surface area contributed by atoms with Crippen molar-refractivity contribution >= 4 is 5.91 Å². The second-order valence-corrected chi connectivity index (χ2v) is 7.45. The van der Waals surface area contributed by atoms with Crippen LogP contribution >= 0.6 is 0 Å². The first-order chi connectivity index (χ1) is 13.1. The summed E-state index contributed by atoms with van der Waals surface area (Å²) in [6.07, 6.45) is 3.46. The molecule has 0 radical (unpaired) electrons. The Labute approximate surface area is 162 Å². The van der Waals surface area contributed by atoms with Crippen LogP contribution in [0.3, 0.4) is 0 Å². The Bertz CT molecular complexity index is 736. The Kier molecular flexibility index (Phi) is 6.88. The fourth-order valence-corrected chi connectivity index (χ4v) is 3.42. The Morgan fingerprint density at radius 3 is 2.48 bits per heavy atom. The zero-order valence-corrected chi connectivity index (χ0v) is 16.4. The van der Waals surface area contributed by atoms with Crippen LogP contribution in [-0.2, 0) is 17.9 Å². The van der Waals surface area contributed by atoms with Gasteiger partial charge in [-0.25, -0.2) is 0 Å². The summed E-state index contributed by atoms with van der Waals surface area (Å²) in [4.78, 5) is 14.8. The van der Waals surface area contributed by atoms with Gasteiger partial charge in [-0.2, -0.15) is 0 Å². The zero-order valence-electron chi connectivity index (χ0n) is 16.4. The van der Waals surface area contributed by atoms with Crippen molar-refractivity contribution in [2.75, 3.05) is 13.1 Å². The number of hydrogen-bond donors (Lipinski definition) is 1. The van der Waals surface area contributed by atoms with E-state index in [1.165, 1.54) is 37.9 Å². The Balaban J connectivity index is 1.45. The van der Waals surface area contributed by atoms with Crippen LogP contribution in [0.25, 0.3) is 0 Å². The van der Waals surface area contributed by atoms with Crippen LogP contribution in [0.4, 0.5) is 0 Å². The molecular formula is C23H30N2O2. The van der Waals surface area contributed by atoms with Gasteiger partial charge in [0, 0.05) is 13.1 Å². The van der Waals surface area contributed by atoms with E-state index in [9.17, 15) is 4.79 Å². The lowest BCUT2D eigenvalue weighted by atomic mass is 10.1. The standard InChI is InChI=1S/C23H30N2O2/c1-18-7-6-8-22(15-18)27-19(2)23(26)24-16-20-9-11-21(12-10-20)17-25-13-4-3-5-14-25/h6-12,15,19H,3-5,13-14,16-17H2,1-2H3,(H,24,26)/t19-/m0/s1. The van der Waals surface area contributed by atoms with Gasteiger partial charge in [0.1, 0.15) is 5.75 Å². The number of nitrogens with zero attached hydrogens (tertiary/aromatic N) is 1. The molecule has 1 N–H and O–H groups in total. The highest BCUT2D eigenvalue weighted by Gasteiger charge is 2.14. The summed E-state index contributed by atoms with van der Waals surface area (Å²) >= 11 is 0. The number of carbonyl (C=O) groups is 1.